The van der Waals surface area contributed by atoms with E-state index in [0.717, 1.165) is 68.3 Å². The molecule has 3 aliphatic heterocycles. The Bertz CT molecular complexity index is 965. The van der Waals surface area contributed by atoms with Crippen LogP contribution in [0.2, 0.25) is 0 Å². The number of fused-ring (bicyclic) bond motifs is 1. The first-order valence-electron chi connectivity index (χ1n) is 13.4. The quantitative estimate of drug-likeness (QED) is 0.705. The molecule has 0 radical (unpaired) electrons. The van der Waals surface area contributed by atoms with Crippen LogP contribution in [0.4, 0.5) is 5.82 Å². The van der Waals surface area contributed by atoms with Crippen LogP contribution >= 0.6 is 0 Å². The molecule has 3 fully saturated rings. The van der Waals surface area contributed by atoms with Gasteiger partial charge >= 0.3 is 0 Å². The van der Waals surface area contributed by atoms with Gasteiger partial charge in [-0.15, -0.1) is 0 Å². The number of hydrogen-bond acceptors (Lipinski definition) is 6. The zero-order chi connectivity index (χ0) is 23.3. The predicted octanol–water partition coefficient (Wildman–Crippen LogP) is 3.55. The summed E-state index contributed by atoms with van der Waals surface area (Å²) in [4.78, 5) is 29.9. The average Bonchev–Trinajstić information content (AvgIpc) is 3.10. The molecule has 0 saturated carbocycles. The molecule has 5 rings (SSSR count). The molecule has 5 heterocycles. The fraction of sp³-hybridized carbons (Fsp3) is 0.667. The Morgan fingerprint density at radius 1 is 0.853 bits per heavy atom. The molecule has 184 valence electrons. The van der Waals surface area contributed by atoms with E-state index in [-0.39, 0.29) is 11.9 Å². The minimum atomic E-state index is -0.0667. The molecule has 3 saturated heterocycles. The van der Waals surface area contributed by atoms with Crippen molar-refractivity contribution in [2.75, 3.05) is 57.3 Å². The summed E-state index contributed by atoms with van der Waals surface area (Å²) in [5.41, 5.74) is 2.14. The van der Waals surface area contributed by atoms with Crippen LogP contribution in [0.5, 0.6) is 0 Å². The fourth-order valence-electron chi connectivity index (χ4n) is 5.67. The molecule has 2 aromatic heterocycles. The van der Waals surface area contributed by atoms with Gasteiger partial charge in [-0.25, -0.2) is 9.97 Å². The second-order valence-corrected chi connectivity index (χ2v) is 10.6. The van der Waals surface area contributed by atoms with Crippen molar-refractivity contribution in [3.63, 3.8) is 0 Å². The molecule has 7 heteroatoms. The number of piperidine rings is 1. The van der Waals surface area contributed by atoms with Gasteiger partial charge in [0.15, 0.2) is 0 Å². The lowest BCUT2D eigenvalue weighted by atomic mass is 10.0. The maximum Gasteiger partial charge on any atom is 0.270 e. The molecule has 0 bridgehead atoms. The minimum Gasteiger partial charge on any atom is -0.357 e. The van der Waals surface area contributed by atoms with Crippen molar-refractivity contribution in [1.82, 2.24) is 25.1 Å². The fourth-order valence-corrected chi connectivity index (χ4v) is 5.67. The number of anilines is 1. The lowest BCUT2D eigenvalue weighted by molar-refractivity contribution is 0.0903. The number of carbonyl (C=O) groups is 1. The Morgan fingerprint density at radius 3 is 2.26 bits per heavy atom. The van der Waals surface area contributed by atoms with E-state index in [0.29, 0.717) is 5.69 Å². The van der Waals surface area contributed by atoms with Gasteiger partial charge in [0.1, 0.15) is 11.5 Å². The third kappa shape index (κ3) is 5.87. The number of pyridine rings is 2. The third-order valence-electron chi connectivity index (χ3n) is 7.85. The van der Waals surface area contributed by atoms with Crippen molar-refractivity contribution in [3.8, 4) is 0 Å². The molecule has 1 N–H and O–H groups in total. The molecule has 0 aromatic carbocycles. The van der Waals surface area contributed by atoms with Crippen molar-refractivity contribution in [1.29, 1.82) is 0 Å². The molecule has 1 atom stereocenters. The smallest absolute Gasteiger partial charge is 0.270 e. The van der Waals surface area contributed by atoms with Gasteiger partial charge in [-0.1, -0.05) is 19.8 Å². The highest BCUT2D eigenvalue weighted by molar-refractivity contribution is 5.94. The highest BCUT2D eigenvalue weighted by atomic mass is 16.1. The van der Waals surface area contributed by atoms with E-state index in [1.165, 1.54) is 51.7 Å². The van der Waals surface area contributed by atoms with Crippen LogP contribution in [0.1, 0.15) is 62.4 Å². The van der Waals surface area contributed by atoms with Crippen LogP contribution in [0.25, 0.3) is 11.0 Å². The minimum absolute atomic E-state index is 0.0667. The number of likely N-dealkylation sites (tertiary alicyclic amines) is 2. The van der Waals surface area contributed by atoms with Gasteiger partial charge in [0.2, 0.25) is 0 Å². The molecule has 0 aliphatic carbocycles. The second-order valence-electron chi connectivity index (χ2n) is 10.6. The van der Waals surface area contributed by atoms with E-state index in [1.807, 2.05) is 18.2 Å². The highest BCUT2D eigenvalue weighted by Gasteiger charge is 2.24. The second kappa shape index (κ2) is 11.0. The van der Waals surface area contributed by atoms with Gasteiger partial charge in [0.25, 0.3) is 5.91 Å². The lowest BCUT2D eigenvalue weighted by Crippen LogP contribution is -2.46. The summed E-state index contributed by atoms with van der Waals surface area (Å²) < 4.78 is 0. The van der Waals surface area contributed by atoms with Gasteiger partial charge in [0, 0.05) is 51.9 Å². The number of carbonyl (C=O) groups excluding carboxylic acids is 1. The van der Waals surface area contributed by atoms with E-state index in [4.69, 9.17) is 4.98 Å². The Balaban J connectivity index is 1.12. The molecule has 3 aliphatic rings. The largest absolute Gasteiger partial charge is 0.357 e. The Labute approximate surface area is 203 Å². The van der Waals surface area contributed by atoms with E-state index < -0.39 is 0 Å². The summed E-state index contributed by atoms with van der Waals surface area (Å²) in [7, 11) is 0. The summed E-state index contributed by atoms with van der Waals surface area (Å²) in [6, 6.07) is 8.07. The van der Waals surface area contributed by atoms with Crippen LogP contribution in [0.15, 0.2) is 24.3 Å². The summed E-state index contributed by atoms with van der Waals surface area (Å²) in [6.07, 6.45) is 8.43. The van der Waals surface area contributed by atoms with E-state index in [2.05, 4.69) is 38.0 Å². The first-order valence-corrected chi connectivity index (χ1v) is 13.4. The predicted molar refractivity (Wildman–Crippen MR) is 137 cm³/mol. The number of nitrogens with zero attached hydrogens (tertiary/aromatic N) is 5. The van der Waals surface area contributed by atoms with Gasteiger partial charge in [-0.2, -0.15) is 0 Å². The SMILES string of the molecule is CC1CCN(CCN2CCC(NC(=O)c3ccc4nc(N5CCCCCC5)ccc4n3)CC2)C1. The topological polar surface area (TPSA) is 64.6 Å². The molecular formula is C27H40N6O. The first-order chi connectivity index (χ1) is 16.6. The number of nitrogens with one attached hydrogen (secondary N) is 1. The summed E-state index contributed by atoms with van der Waals surface area (Å²) >= 11 is 0. The molecule has 2 aromatic rings. The third-order valence-corrected chi connectivity index (χ3v) is 7.85. The molecule has 34 heavy (non-hydrogen) atoms. The zero-order valence-corrected chi connectivity index (χ0v) is 20.7. The molecule has 7 nitrogen and oxygen atoms in total. The van der Waals surface area contributed by atoms with Crippen LogP contribution in [0.3, 0.4) is 0 Å². The van der Waals surface area contributed by atoms with Crippen LogP contribution in [0, 0.1) is 5.92 Å². The molecule has 0 spiro atoms. The first kappa shape index (κ1) is 23.5. The van der Waals surface area contributed by atoms with Gasteiger partial charge in [-0.3, -0.25) is 4.79 Å². The monoisotopic (exact) mass is 464 g/mol. The van der Waals surface area contributed by atoms with E-state index in [1.54, 1.807) is 0 Å². The summed E-state index contributed by atoms with van der Waals surface area (Å²) in [6.45, 7) is 11.4. The van der Waals surface area contributed by atoms with Crippen molar-refractivity contribution in [2.45, 2.75) is 57.9 Å². The van der Waals surface area contributed by atoms with Crippen molar-refractivity contribution < 1.29 is 4.79 Å². The van der Waals surface area contributed by atoms with Gasteiger partial charge in [-0.05, 0) is 68.8 Å². The standard InChI is InChI=1S/C27H40N6O/c1-21-10-15-32(20-21)19-18-31-16-11-22(12-17-31)28-27(34)25-7-6-24-23(29-25)8-9-26(30-24)33-13-4-2-3-5-14-33/h6-9,21-22H,2-5,10-20H2,1H3,(H,28,34). The lowest BCUT2D eigenvalue weighted by Gasteiger charge is -2.33. The van der Waals surface area contributed by atoms with E-state index in [9.17, 15) is 4.79 Å². The van der Waals surface area contributed by atoms with E-state index >= 15 is 0 Å². The summed E-state index contributed by atoms with van der Waals surface area (Å²) in [5.74, 6) is 1.81. The number of hydrogen-bond donors (Lipinski definition) is 1. The normalized spacial score (nSPS) is 23.3. The van der Waals surface area contributed by atoms with Gasteiger partial charge < -0.3 is 20.0 Å². The van der Waals surface area contributed by atoms with Crippen LogP contribution in [-0.4, -0.2) is 84.1 Å². The number of rotatable bonds is 6. The van der Waals surface area contributed by atoms with Crippen molar-refractivity contribution in [2.24, 2.45) is 5.92 Å². The molecule has 1 amide bonds. The number of aromatic nitrogens is 2. The van der Waals surface area contributed by atoms with Crippen molar-refractivity contribution in [3.05, 3.63) is 30.0 Å². The van der Waals surface area contributed by atoms with Gasteiger partial charge in [0.05, 0.1) is 11.0 Å². The highest BCUT2D eigenvalue weighted by Crippen LogP contribution is 2.21. The number of amides is 1. The Morgan fingerprint density at radius 2 is 1.53 bits per heavy atom. The molecular weight excluding hydrogens is 424 g/mol. The maximum absolute atomic E-state index is 12.9. The van der Waals surface area contributed by atoms with Crippen LogP contribution < -0.4 is 10.2 Å². The Hall–Kier alpha value is -2.25. The zero-order valence-electron chi connectivity index (χ0n) is 20.7. The van der Waals surface area contributed by atoms with Crippen LogP contribution in [-0.2, 0) is 0 Å². The maximum atomic E-state index is 12.9. The average molecular weight is 465 g/mol. The van der Waals surface area contributed by atoms with Crippen molar-refractivity contribution >= 4 is 22.8 Å². The Kier molecular flexibility index (Phi) is 7.60. The summed E-state index contributed by atoms with van der Waals surface area (Å²) in [5, 5.41) is 3.23. The molecule has 1 unspecified atom stereocenters.